The van der Waals surface area contributed by atoms with Crippen molar-refractivity contribution < 1.29 is 13.2 Å². The molecule has 0 heterocycles. The lowest BCUT2D eigenvalue weighted by molar-refractivity contribution is 0.0982. The molecular weight excluding hydrogens is 308 g/mol. The zero-order chi connectivity index (χ0) is 13.2. The first-order valence-electron chi connectivity index (χ1n) is 4.85. The summed E-state index contributed by atoms with van der Waals surface area (Å²) in [5.41, 5.74) is 5.99. The molecule has 1 rings (SSSR count). The van der Waals surface area contributed by atoms with Crippen LogP contribution >= 0.6 is 15.9 Å². The van der Waals surface area contributed by atoms with E-state index in [0.717, 1.165) is 4.47 Å². The van der Waals surface area contributed by atoms with Crippen molar-refractivity contribution in [3.63, 3.8) is 0 Å². The number of hydrogen-bond donors (Lipinski definition) is 2. The number of anilines is 1. The number of sulfonamides is 1. The van der Waals surface area contributed by atoms with Crippen LogP contribution in [-0.2, 0) is 10.0 Å². The molecule has 0 bridgehead atoms. The van der Waals surface area contributed by atoms with Gasteiger partial charge in [-0.1, -0.05) is 15.9 Å². The molecule has 7 heteroatoms. The highest BCUT2D eigenvalue weighted by atomic mass is 79.9. The molecule has 0 spiro atoms. The fourth-order valence-electron chi connectivity index (χ4n) is 1.04. The van der Waals surface area contributed by atoms with Crippen LogP contribution in [0.15, 0.2) is 22.7 Å². The van der Waals surface area contributed by atoms with Crippen LogP contribution in [0.1, 0.15) is 24.2 Å². The second-order valence-electron chi connectivity index (χ2n) is 3.76. The number of benzene rings is 1. The minimum Gasteiger partial charge on any atom is -0.398 e. The predicted octanol–water partition coefficient (Wildman–Crippen LogP) is 1.50. The van der Waals surface area contributed by atoms with Gasteiger partial charge in [0.15, 0.2) is 0 Å². The summed E-state index contributed by atoms with van der Waals surface area (Å²) in [6, 6.07) is 4.62. The summed E-state index contributed by atoms with van der Waals surface area (Å²) in [6.07, 6.45) is 0. The van der Waals surface area contributed by atoms with E-state index in [9.17, 15) is 13.2 Å². The Kier molecular flexibility index (Phi) is 4.16. The summed E-state index contributed by atoms with van der Waals surface area (Å²) < 4.78 is 25.7. The minimum absolute atomic E-state index is 0.137. The van der Waals surface area contributed by atoms with Crippen molar-refractivity contribution in [1.82, 2.24) is 4.72 Å². The zero-order valence-electron chi connectivity index (χ0n) is 9.40. The van der Waals surface area contributed by atoms with Gasteiger partial charge in [-0.2, -0.15) is 0 Å². The second kappa shape index (κ2) is 5.05. The van der Waals surface area contributed by atoms with Crippen molar-refractivity contribution in [2.45, 2.75) is 19.1 Å². The predicted molar refractivity (Wildman–Crippen MR) is 70.1 cm³/mol. The van der Waals surface area contributed by atoms with Crippen molar-refractivity contribution in [2.75, 3.05) is 5.73 Å². The van der Waals surface area contributed by atoms with E-state index in [4.69, 9.17) is 5.73 Å². The third-order valence-electron chi connectivity index (χ3n) is 2.11. The minimum atomic E-state index is -3.64. The Hall–Kier alpha value is -1.08. The maximum atomic E-state index is 11.7. The number of nitrogens with one attached hydrogen (secondary N) is 1. The molecule has 0 aliphatic heterocycles. The van der Waals surface area contributed by atoms with E-state index in [0.29, 0.717) is 0 Å². The Morgan fingerprint density at radius 1 is 1.41 bits per heavy atom. The number of halogens is 1. The molecule has 0 fully saturated rings. The average molecular weight is 321 g/mol. The molecule has 0 radical (unpaired) electrons. The van der Waals surface area contributed by atoms with E-state index in [-0.39, 0.29) is 11.3 Å². The molecule has 0 unspecified atom stereocenters. The fourth-order valence-corrected chi connectivity index (χ4v) is 2.03. The maximum Gasteiger partial charge on any atom is 0.266 e. The van der Waals surface area contributed by atoms with Gasteiger partial charge in [0, 0.05) is 10.2 Å². The summed E-state index contributed by atoms with van der Waals surface area (Å²) in [5.74, 6) is -0.719. The highest BCUT2D eigenvalue weighted by molar-refractivity contribution is 9.10. The molecule has 94 valence electrons. The van der Waals surface area contributed by atoms with Gasteiger partial charge in [-0.05, 0) is 32.0 Å². The third-order valence-corrected chi connectivity index (χ3v) is 4.32. The van der Waals surface area contributed by atoms with Gasteiger partial charge in [-0.25, -0.2) is 13.1 Å². The van der Waals surface area contributed by atoms with E-state index < -0.39 is 21.2 Å². The highest BCUT2D eigenvalue weighted by Gasteiger charge is 2.21. The van der Waals surface area contributed by atoms with E-state index in [2.05, 4.69) is 15.9 Å². The van der Waals surface area contributed by atoms with E-state index in [1.165, 1.54) is 26.0 Å². The Morgan fingerprint density at radius 2 is 2.00 bits per heavy atom. The van der Waals surface area contributed by atoms with Crippen LogP contribution in [-0.4, -0.2) is 19.6 Å². The van der Waals surface area contributed by atoms with Crippen molar-refractivity contribution in [3.8, 4) is 0 Å². The van der Waals surface area contributed by atoms with E-state index in [1.54, 1.807) is 6.07 Å². The van der Waals surface area contributed by atoms with Crippen LogP contribution in [0.3, 0.4) is 0 Å². The quantitative estimate of drug-likeness (QED) is 0.826. The zero-order valence-corrected chi connectivity index (χ0v) is 11.8. The van der Waals surface area contributed by atoms with Crippen molar-refractivity contribution in [3.05, 3.63) is 28.2 Å². The summed E-state index contributed by atoms with van der Waals surface area (Å²) in [6.45, 7) is 2.97. The number of nitrogen functional groups attached to an aromatic ring is 1. The lowest BCUT2D eigenvalue weighted by atomic mass is 10.2. The Balaban J connectivity index is 2.99. The molecule has 0 aromatic heterocycles. The van der Waals surface area contributed by atoms with Gasteiger partial charge in [0.05, 0.1) is 10.8 Å². The number of carbonyl (C=O) groups is 1. The van der Waals surface area contributed by atoms with Crippen LogP contribution in [0.4, 0.5) is 5.69 Å². The van der Waals surface area contributed by atoms with Gasteiger partial charge in [-0.15, -0.1) is 0 Å². The summed E-state index contributed by atoms with van der Waals surface area (Å²) in [4.78, 5) is 11.7. The van der Waals surface area contributed by atoms with Gasteiger partial charge in [0.2, 0.25) is 10.0 Å². The molecule has 3 N–H and O–H groups in total. The number of nitrogens with two attached hydrogens (primary N) is 1. The van der Waals surface area contributed by atoms with Crippen LogP contribution < -0.4 is 10.5 Å². The highest BCUT2D eigenvalue weighted by Crippen LogP contribution is 2.18. The molecule has 0 atom stereocenters. The molecule has 1 amide bonds. The Morgan fingerprint density at radius 3 is 2.47 bits per heavy atom. The van der Waals surface area contributed by atoms with Crippen LogP contribution in [0.25, 0.3) is 0 Å². The normalized spacial score (nSPS) is 11.5. The first kappa shape index (κ1) is 14.0. The maximum absolute atomic E-state index is 11.7. The van der Waals surface area contributed by atoms with E-state index >= 15 is 0 Å². The standard InChI is InChI=1S/C10H13BrN2O3S/c1-6(2)17(15,16)13-10(14)8-4-3-7(11)5-9(8)12/h3-6H,12H2,1-2H3,(H,13,14). The Bertz CT molecular complexity index is 540. The van der Waals surface area contributed by atoms with Crippen LogP contribution in [0, 0.1) is 0 Å². The SMILES string of the molecule is CC(C)S(=O)(=O)NC(=O)c1ccc(Br)cc1N. The smallest absolute Gasteiger partial charge is 0.266 e. The molecule has 0 saturated heterocycles. The summed E-state index contributed by atoms with van der Waals surface area (Å²) in [7, 11) is -3.64. The van der Waals surface area contributed by atoms with Gasteiger partial charge < -0.3 is 5.73 Å². The number of carbonyl (C=O) groups excluding carboxylic acids is 1. The van der Waals surface area contributed by atoms with Crippen molar-refractivity contribution in [2.24, 2.45) is 0 Å². The molecule has 17 heavy (non-hydrogen) atoms. The van der Waals surface area contributed by atoms with Crippen molar-refractivity contribution >= 4 is 37.5 Å². The summed E-state index contributed by atoms with van der Waals surface area (Å²) in [5, 5.41) is -0.678. The first-order valence-corrected chi connectivity index (χ1v) is 7.19. The lowest BCUT2D eigenvalue weighted by Crippen LogP contribution is -2.36. The third kappa shape index (κ3) is 3.44. The fraction of sp³-hybridized carbons (Fsp3) is 0.300. The van der Waals surface area contributed by atoms with Crippen molar-refractivity contribution in [1.29, 1.82) is 0 Å². The topological polar surface area (TPSA) is 89.3 Å². The number of rotatable bonds is 3. The van der Waals surface area contributed by atoms with Gasteiger partial charge in [-0.3, -0.25) is 4.79 Å². The largest absolute Gasteiger partial charge is 0.398 e. The Labute approximate surface area is 109 Å². The lowest BCUT2D eigenvalue weighted by Gasteiger charge is -2.10. The molecule has 0 saturated carbocycles. The summed E-state index contributed by atoms with van der Waals surface area (Å²) >= 11 is 3.20. The average Bonchev–Trinajstić information content (AvgIpc) is 2.15. The number of hydrogen-bond acceptors (Lipinski definition) is 4. The van der Waals surface area contributed by atoms with E-state index in [1.807, 2.05) is 4.72 Å². The van der Waals surface area contributed by atoms with Gasteiger partial charge >= 0.3 is 0 Å². The van der Waals surface area contributed by atoms with Gasteiger partial charge in [0.1, 0.15) is 0 Å². The van der Waals surface area contributed by atoms with Crippen LogP contribution in [0.2, 0.25) is 0 Å². The molecule has 5 nitrogen and oxygen atoms in total. The second-order valence-corrected chi connectivity index (χ2v) is 6.91. The van der Waals surface area contributed by atoms with Crippen LogP contribution in [0.5, 0.6) is 0 Å². The first-order chi connectivity index (χ1) is 7.74. The monoisotopic (exact) mass is 320 g/mol. The molecule has 1 aromatic carbocycles. The molecule has 1 aromatic rings. The number of amides is 1. The van der Waals surface area contributed by atoms with Gasteiger partial charge in [0.25, 0.3) is 5.91 Å². The molecule has 0 aliphatic carbocycles. The molecular formula is C10H13BrN2O3S. The molecule has 0 aliphatic rings.